The third-order valence-electron chi connectivity index (χ3n) is 2.22. The highest BCUT2D eigenvalue weighted by molar-refractivity contribution is 6.42. The average molecular weight is 232 g/mol. The molecule has 0 aliphatic heterocycles. The third kappa shape index (κ3) is 2.25. The largest absolute Gasteiger partial charge is 0.491 e. The second kappa shape index (κ2) is 3.87. The molecule has 1 aromatic rings. The molecule has 1 aliphatic rings. The van der Waals surface area contributed by atoms with Gasteiger partial charge in [0.05, 0.1) is 22.3 Å². The van der Waals surface area contributed by atoms with Gasteiger partial charge in [0.15, 0.2) is 0 Å². The topological polar surface area (TPSA) is 35.2 Å². The van der Waals surface area contributed by atoms with E-state index in [-0.39, 0.29) is 0 Å². The van der Waals surface area contributed by atoms with Gasteiger partial charge in [0.2, 0.25) is 0 Å². The minimum absolute atomic E-state index is 0.461. The van der Waals surface area contributed by atoms with E-state index in [1.807, 2.05) is 0 Å². The zero-order valence-corrected chi connectivity index (χ0v) is 9.11. The lowest BCUT2D eigenvalue weighted by Gasteiger charge is -2.09. The van der Waals surface area contributed by atoms with Crippen LogP contribution in [0.1, 0.15) is 12.8 Å². The Morgan fingerprint density at radius 3 is 2.57 bits per heavy atom. The van der Waals surface area contributed by atoms with Crippen LogP contribution in [-0.2, 0) is 0 Å². The van der Waals surface area contributed by atoms with Crippen molar-refractivity contribution in [1.29, 1.82) is 0 Å². The number of ether oxygens (including phenoxy) is 1. The quantitative estimate of drug-likeness (QED) is 0.811. The van der Waals surface area contributed by atoms with Gasteiger partial charge in [-0.25, -0.2) is 0 Å². The predicted molar refractivity (Wildman–Crippen MR) is 59.1 cm³/mol. The Bertz CT molecular complexity index is 350. The van der Waals surface area contributed by atoms with Gasteiger partial charge in [-0.05, 0) is 24.8 Å². The third-order valence-corrected chi connectivity index (χ3v) is 2.95. The van der Waals surface area contributed by atoms with Gasteiger partial charge in [-0.15, -0.1) is 0 Å². The first-order valence-electron chi connectivity index (χ1n) is 4.54. The molecule has 1 fully saturated rings. The Balaban J connectivity index is 2.10. The van der Waals surface area contributed by atoms with E-state index < -0.39 is 0 Å². The lowest BCUT2D eigenvalue weighted by molar-refractivity contribution is 0.301. The van der Waals surface area contributed by atoms with Crippen LogP contribution in [0.4, 0.5) is 5.69 Å². The Hall–Kier alpha value is -0.600. The molecule has 0 radical (unpaired) electrons. The Morgan fingerprint density at radius 1 is 1.29 bits per heavy atom. The molecular weight excluding hydrogens is 221 g/mol. The van der Waals surface area contributed by atoms with Gasteiger partial charge >= 0.3 is 0 Å². The number of nitrogens with two attached hydrogens (primary N) is 1. The molecule has 2 nitrogen and oxygen atoms in total. The zero-order chi connectivity index (χ0) is 10.1. The highest BCUT2D eigenvalue weighted by Gasteiger charge is 2.22. The fourth-order valence-electron chi connectivity index (χ4n) is 1.16. The van der Waals surface area contributed by atoms with E-state index in [2.05, 4.69) is 0 Å². The van der Waals surface area contributed by atoms with E-state index in [9.17, 15) is 0 Å². The Labute approximate surface area is 92.9 Å². The first-order chi connectivity index (χ1) is 6.66. The van der Waals surface area contributed by atoms with E-state index >= 15 is 0 Å². The summed E-state index contributed by atoms with van der Waals surface area (Å²) in [5.74, 6) is 1.33. The highest BCUT2D eigenvalue weighted by Crippen LogP contribution is 2.34. The van der Waals surface area contributed by atoms with Gasteiger partial charge in [0, 0.05) is 6.07 Å². The van der Waals surface area contributed by atoms with Crippen molar-refractivity contribution in [2.45, 2.75) is 12.8 Å². The fraction of sp³-hybridized carbons (Fsp3) is 0.400. The van der Waals surface area contributed by atoms with Crippen LogP contribution in [0.5, 0.6) is 5.75 Å². The van der Waals surface area contributed by atoms with Crippen LogP contribution in [0.2, 0.25) is 10.0 Å². The molecular formula is C10H11Cl2NO. The van der Waals surface area contributed by atoms with Gasteiger partial charge in [0.25, 0.3) is 0 Å². The summed E-state index contributed by atoms with van der Waals surface area (Å²) in [7, 11) is 0. The lowest BCUT2D eigenvalue weighted by atomic mass is 10.3. The van der Waals surface area contributed by atoms with Crippen LogP contribution >= 0.6 is 23.2 Å². The molecule has 0 spiro atoms. The number of hydrogen-bond acceptors (Lipinski definition) is 2. The molecule has 76 valence electrons. The second-order valence-electron chi connectivity index (χ2n) is 3.56. The minimum atomic E-state index is 0.461. The molecule has 0 atom stereocenters. The summed E-state index contributed by atoms with van der Waals surface area (Å²) in [5.41, 5.74) is 6.27. The predicted octanol–water partition coefficient (Wildman–Crippen LogP) is 3.36. The molecule has 1 aromatic carbocycles. The van der Waals surface area contributed by atoms with Crippen molar-refractivity contribution in [1.82, 2.24) is 0 Å². The fourth-order valence-corrected chi connectivity index (χ4v) is 1.49. The highest BCUT2D eigenvalue weighted by atomic mass is 35.5. The van der Waals surface area contributed by atoms with E-state index in [1.165, 1.54) is 12.8 Å². The normalized spacial score (nSPS) is 15.6. The number of anilines is 1. The molecule has 1 saturated carbocycles. The molecule has 4 heteroatoms. The lowest BCUT2D eigenvalue weighted by Crippen LogP contribution is -2.01. The monoisotopic (exact) mass is 231 g/mol. The SMILES string of the molecule is Nc1cc(Cl)c(Cl)cc1OCC1CC1. The van der Waals surface area contributed by atoms with Crippen LogP contribution in [0.25, 0.3) is 0 Å². The number of rotatable bonds is 3. The summed E-state index contributed by atoms with van der Waals surface area (Å²) in [6.07, 6.45) is 2.50. The Morgan fingerprint density at radius 2 is 1.93 bits per heavy atom. The van der Waals surface area contributed by atoms with Gasteiger partial charge in [-0.1, -0.05) is 23.2 Å². The van der Waals surface area contributed by atoms with Crippen molar-refractivity contribution in [2.75, 3.05) is 12.3 Å². The Kier molecular flexibility index (Phi) is 2.75. The van der Waals surface area contributed by atoms with Gasteiger partial charge in [-0.3, -0.25) is 0 Å². The summed E-state index contributed by atoms with van der Waals surface area (Å²) in [6.45, 7) is 0.724. The average Bonchev–Trinajstić information content (AvgIpc) is 2.92. The molecule has 0 saturated heterocycles. The number of benzene rings is 1. The smallest absolute Gasteiger partial charge is 0.143 e. The first-order valence-corrected chi connectivity index (χ1v) is 5.29. The van der Waals surface area contributed by atoms with Crippen LogP contribution in [0, 0.1) is 5.92 Å². The summed E-state index contributed by atoms with van der Waals surface area (Å²) < 4.78 is 5.53. The summed E-state index contributed by atoms with van der Waals surface area (Å²) in [6, 6.07) is 3.29. The van der Waals surface area contributed by atoms with E-state index in [0.717, 1.165) is 6.61 Å². The molecule has 0 heterocycles. The van der Waals surface area contributed by atoms with Gasteiger partial charge in [0.1, 0.15) is 5.75 Å². The van der Waals surface area contributed by atoms with Crippen molar-refractivity contribution in [3.63, 3.8) is 0 Å². The first kappa shape index (κ1) is 9.94. The number of nitrogen functional groups attached to an aromatic ring is 1. The van der Waals surface area contributed by atoms with Crippen molar-refractivity contribution in [3.05, 3.63) is 22.2 Å². The number of halogens is 2. The maximum absolute atomic E-state index is 5.85. The standard InChI is InChI=1S/C10H11Cl2NO/c11-7-3-9(13)10(4-8(7)12)14-5-6-1-2-6/h3-4,6H,1-2,5,13H2. The maximum Gasteiger partial charge on any atom is 0.143 e. The minimum Gasteiger partial charge on any atom is -0.491 e. The molecule has 14 heavy (non-hydrogen) atoms. The molecule has 0 bridgehead atoms. The van der Waals surface area contributed by atoms with E-state index in [4.69, 9.17) is 33.7 Å². The molecule has 0 aromatic heterocycles. The molecule has 2 N–H and O–H groups in total. The zero-order valence-electron chi connectivity index (χ0n) is 7.59. The summed E-state index contributed by atoms with van der Waals surface area (Å²) >= 11 is 11.6. The van der Waals surface area contributed by atoms with Crippen molar-refractivity contribution < 1.29 is 4.74 Å². The van der Waals surface area contributed by atoms with Crippen LogP contribution in [0.15, 0.2) is 12.1 Å². The van der Waals surface area contributed by atoms with Crippen LogP contribution in [-0.4, -0.2) is 6.61 Å². The molecule has 0 unspecified atom stereocenters. The second-order valence-corrected chi connectivity index (χ2v) is 4.37. The van der Waals surface area contributed by atoms with Crippen molar-refractivity contribution in [2.24, 2.45) is 5.92 Å². The van der Waals surface area contributed by atoms with Gasteiger partial charge < -0.3 is 10.5 Å². The van der Waals surface area contributed by atoms with Crippen molar-refractivity contribution in [3.8, 4) is 5.75 Å². The molecule has 2 rings (SSSR count). The number of hydrogen-bond donors (Lipinski definition) is 1. The maximum atomic E-state index is 5.85. The van der Waals surface area contributed by atoms with E-state index in [0.29, 0.717) is 27.4 Å². The van der Waals surface area contributed by atoms with E-state index in [1.54, 1.807) is 12.1 Å². The van der Waals surface area contributed by atoms with Crippen molar-refractivity contribution >= 4 is 28.9 Å². The molecule has 1 aliphatic carbocycles. The van der Waals surface area contributed by atoms with Crippen LogP contribution < -0.4 is 10.5 Å². The summed E-state index contributed by atoms with van der Waals surface area (Å²) in [5, 5.41) is 0.939. The molecule has 0 amide bonds. The summed E-state index contributed by atoms with van der Waals surface area (Å²) in [4.78, 5) is 0. The van der Waals surface area contributed by atoms with Gasteiger partial charge in [-0.2, -0.15) is 0 Å². The van der Waals surface area contributed by atoms with Crippen LogP contribution in [0.3, 0.4) is 0 Å².